The lowest BCUT2D eigenvalue weighted by atomic mass is 9.77. The van der Waals surface area contributed by atoms with Crippen molar-refractivity contribution < 1.29 is 27.3 Å². The summed E-state index contributed by atoms with van der Waals surface area (Å²) in [6.07, 6.45) is -1.79. The maximum Gasteiger partial charge on any atom is 0.494 e. The normalized spacial score (nSPS) is 22.2. The summed E-state index contributed by atoms with van der Waals surface area (Å²) in [6.45, 7) is 8.48. The topological polar surface area (TPSA) is 38.8 Å². The second kappa shape index (κ2) is 6.81. The van der Waals surface area contributed by atoms with Crippen LogP contribution >= 0.6 is 0 Å². The fourth-order valence-electron chi connectivity index (χ4n) is 3.33. The van der Waals surface area contributed by atoms with Crippen LogP contribution in [-0.4, -0.2) is 42.2 Å². The van der Waals surface area contributed by atoms with Crippen molar-refractivity contribution in [1.82, 2.24) is 4.90 Å². The van der Waals surface area contributed by atoms with Crippen LogP contribution in [0.5, 0.6) is 0 Å². The van der Waals surface area contributed by atoms with Gasteiger partial charge in [-0.1, -0.05) is 6.07 Å². The fourth-order valence-corrected chi connectivity index (χ4v) is 3.33. The Balaban J connectivity index is 1.98. The molecule has 4 nitrogen and oxygen atoms in total. The summed E-state index contributed by atoms with van der Waals surface area (Å²) >= 11 is 0. The largest absolute Gasteiger partial charge is 0.494 e. The average molecular weight is 383 g/mol. The summed E-state index contributed by atoms with van der Waals surface area (Å²) in [5.41, 5.74) is -1.98. The molecule has 0 radical (unpaired) electrons. The first-order chi connectivity index (χ1) is 12.4. The second-order valence-electron chi connectivity index (χ2n) is 8.28. The van der Waals surface area contributed by atoms with Gasteiger partial charge in [-0.15, -0.1) is 0 Å². The molecule has 0 spiro atoms. The maximum absolute atomic E-state index is 13.4. The predicted octanol–water partition coefficient (Wildman–Crippen LogP) is 3.63. The van der Waals surface area contributed by atoms with Crippen LogP contribution in [0.15, 0.2) is 18.2 Å². The van der Waals surface area contributed by atoms with E-state index in [-0.39, 0.29) is 16.9 Å². The van der Waals surface area contributed by atoms with E-state index in [9.17, 15) is 18.0 Å². The molecule has 2 saturated heterocycles. The number of rotatable bonds is 2. The Kier molecular flexibility index (Phi) is 5.10. The van der Waals surface area contributed by atoms with E-state index in [0.29, 0.717) is 13.1 Å². The Labute approximate surface area is 158 Å². The third-order valence-corrected chi connectivity index (χ3v) is 5.70. The molecule has 1 aromatic rings. The lowest BCUT2D eigenvalue weighted by Crippen LogP contribution is -2.41. The lowest BCUT2D eigenvalue weighted by Gasteiger charge is -2.32. The van der Waals surface area contributed by atoms with Gasteiger partial charge in [0.2, 0.25) is 0 Å². The zero-order valence-corrected chi connectivity index (χ0v) is 16.2. The highest BCUT2D eigenvalue weighted by Crippen LogP contribution is 2.37. The molecule has 27 heavy (non-hydrogen) atoms. The van der Waals surface area contributed by atoms with Gasteiger partial charge in [-0.2, -0.15) is 13.2 Å². The van der Waals surface area contributed by atoms with Crippen molar-refractivity contribution in [3.8, 4) is 0 Å². The highest BCUT2D eigenvalue weighted by atomic mass is 19.4. The van der Waals surface area contributed by atoms with E-state index < -0.39 is 30.1 Å². The van der Waals surface area contributed by atoms with E-state index in [1.54, 1.807) is 4.90 Å². The summed E-state index contributed by atoms with van der Waals surface area (Å²) in [6, 6.07) is 3.40. The van der Waals surface area contributed by atoms with Crippen LogP contribution in [0, 0.1) is 0 Å². The zero-order valence-electron chi connectivity index (χ0n) is 16.2. The first-order valence-electron chi connectivity index (χ1n) is 9.28. The summed E-state index contributed by atoms with van der Waals surface area (Å²) < 4.78 is 52.1. The van der Waals surface area contributed by atoms with Gasteiger partial charge in [-0.3, -0.25) is 4.79 Å². The highest BCUT2D eigenvalue weighted by molar-refractivity contribution is 6.62. The van der Waals surface area contributed by atoms with Crippen LogP contribution in [-0.2, 0) is 15.5 Å². The number of piperidine rings is 1. The molecule has 0 unspecified atom stereocenters. The van der Waals surface area contributed by atoms with Gasteiger partial charge < -0.3 is 14.2 Å². The van der Waals surface area contributed by atoms with Gasteiger partial charge in [0.1, 0.15) is 0 Å². The Morgan fingerprint density at radius 3 is 2.07 bits per heavy atom. The van der Waals surface area contributed by atoms with E-state index in [4.69, 9.17) is 9.31 Å². The molecule has 0 saturated carbocycles. The Bertz CT molecular complexity index is 711. The molecule has 0 bridgehead atoms. The van der Waals surface area contributed by atoms with Crippen LogP contribution in [0.2, 0.25) is 0 Å². The number of likely N-dealkylation sites (tertiary alicyclic amines) is 1. The molecular formula is C19H25BF3NO3. The molecule has 2 heterocycles. The minimum atomic E-state index is -4.56. The van der Waals surface area contributed by atoms with Crippen molar-refractivity contribution in [2.24, 2.45) is 0 Å². The van der Waals surface area contributed by atoms with Crippen LogP contribution in [0.3, 0.4) is 0 Å². The van der Waals surface area contributed by atoms with Crippen LogP contribution in [0.25, 0.3) is 0 Å². The quantitative estimate of drug-likeness (QED) is 0.733. The Morgan fingerprint density at radius 2 is 1.56 bits per heavy atom. The first kappa shape index (κ1) is 20.2. The van der Waals surface area contributed by atoms with Gasteiger partial charge in [0.05, 0.1) is 16.8 Å². The van der Waals surface area contributed by atoms with E-state index in [1.165, 1.54) is 6.07 Å². The number of hydrogen-bond donors (Lipinski definition) is 0. The molecule has 148 valence electrons. The monoisotopic (exact) mass is 383 g/mol. The Hall–Kier alpha value is -1.54. The number of carbonyl (C=O) groups is 1. The standard InChI is InChI=1S/C19H25BF3NO3/c1-17(2)18(3,4)27-20(26-17)15-11-13(10-14(12-15)19(21,22)23)16(25)24-8-6-5-7-9-24/h10-12H,5-9H2,1-4H3. The fraction of sp³-hybridized carbons (Fsp3) is 0.632. The second-order valence-corrected chi connectivity index (χ2v) is 8.28. The molecule has 2 aliphatic heterocycles. The molecular weight excluding hydrogens is 358 g/mol. The van der Waals surface area contributed by atoms with Crippen LogP contribution < -0.4 is 5.46 Å². The highest BCUT2D eigenvalue weighted by Gasteiger charge is 2.52. The van der Waals surface area contributed by atoms with Crippen LogP contribution in [0.1, 0.15) is 62.9 Å². The van der Waals surface area contributed by atoms with Crippen molar-refractivity contribution in [2.75, 3.05) is 13.1 Å². The zero-order chi connectivity index (χ0) is 20.0. The molecule has 2 fully saturated rings. The number of benzene rings is 1. The summed E-state index contributed by atoms with van der Waals surface area (Å²) in [5, 5.41) is 0. The van der Waals surface area contributed by atoms with Crippen molar-refractivity contribution in [3.05, 3.63) is 29.3 Å². The van der Waals surface area contributed by atoms with Gasteiger partial charge in [-0.25, -0.2) is 0 Å². The van der Waals surface area contributed by atoms with E-state index >= 15 is 0 Å². The van der Waals surface area contributed by atoms with Crippen molar-refractivity contribution in [3.63, 3.8) is 0 Å². The van der Waals surface area contributed by atoms with E-state index in [1.807, 2.05) is 27.7 Å². The molecule has 2 aliphatic rings. The molecule has 0 N–H and O–H groups in total. The smallest absolute Gasteiger partial charge is 0.399 e. The maximum atomic E-state index is 13.4. The van der Waals surface area contributed by atoms with E-state index in [0.717, 1.165) is 31.4 Å². The molecule has 1 amide bonds. The predicted molar refractivity (Wildman–Crippen MR) is 96.9 cm³/mol. The van der Waals surface area contributed by atoms with Crippen molar-refractivity contribution >= 4 is 18.5 Å². The molecule has 3 rings (SSSR count). The number of amides is 1. The molecule has 0 aliphatic carbocycles. The van der Waals surface area contributed by atoms with Gasteiger partial charge in [0.25, 0.3) is 5.91 Å². The van der Waals surface area contributed by atoms with E-state index in [2.05, 4.69) is 0 Å². The summed E-state index contributed by atoms with van der Waals surface area (Å²) in [4.78, 5) is 14.4. The van der Waals surface area contributed by atoms with Crippen molar-refractivity contribution in [1.29, 1.82) is 0 Å². The van der Waals surface area contributed by atoms with Gasteiger partial charge in [-0.05, 0) is 64.6 Å². The summed E-state index contributed by atoms with van der Waals surface area (Å²) in [5.74, 6) is -0.376. The summed E-state index contributed by atoms with van der Waals surface area (Å²) in [7, 11) is -0.954. The minimum Gasteiger partial charge on any atom is -0.399 e. The number of nitrogens with zero attached hydrogens (tertiary/aromatic N) is 1. The SMILES string of the molecule is CC1(C)OB(c2cc(C(=O)N3CCCCC3)cc(C(F)(F)F)c2)OC1(C)C. The molecule has 0 aromatic heterocycles. The van der Waals surface area contributed by atoms with Crippen molar-refractivity contribution in [2.45, 2.75) is 64.3 Å². The van der Waals surface area contributed by atoms with Crippen LogP contribution in [0.4, 0.5) is 13.2 Å². The average Bonchev–Trinajstić information content (AvgIpc) is 2.81. The minimum absolute atomic E-state index is 0.0245. The third-order valence-electron chi connectivity index (χ3n) is 5.70. The third kappa shape index (κ3) is 4.01. The molecule has 0 atom stereocenters. The molecule has 8 heteroatoms. The van der Waals surface area contributed by atoms with Gasteiger partial charge in [0.15, 0.2) is 0 Å². The Morgan fingerprint density at radius 1 is 1.00 bits per heavy atom. The number of carbonyl (C=O) groups excluding carboxylic acids is 1. The van der Waals surface area contributed by atoms with Gasteiger partial charge in [0, 0.05) is 18.7 Å². The lowest BCUT2D eigenvalue weighted by molar-refractivity contribution is -0.137. The molecule has 1 aromatic carbocycles. The number of alkyl halides is 3. The first-order valence-corrected chi connectivity index (χ1v) is 9.28. The number of halogens is 3. The number of hydrogen-bond acceptors (Lipinski definition) is 3. The van der Waals surface area contributed by atoms with Gasteiger partial charge >= 0.3 is 13.3 Å².